The van der Waals surface area contributed by atoms with E-state index in [-0.39, 0.29) is 29.4 Å². The van der Waals surface area contributed by atoms with E-state index in [0.29, 0.717) is 11.4 Å². The molecule has 0 aliphatic rings. The lowest BCUT2D eigenvalue weighted by molar-refractivity contribution is -0.122. The molecule has 2 heterocycles. The van der Waals surface area contributed by atoms with Crippen molar-refractivity contribution >= 4 is 5.91 Å². The number of phenolic OH excluding ortho intramolecular Hbond substituents is 1. The van der Waals surface area contributed by atoms with E-state index in [1.165, 1.54) is 25.3 Å². The van der Waals surface area contributed by atoms with E-state index in [0.717, 1.165) is 5.56 Å². The number of ether oxygens (including phenoxy) is 1. The molecule has 2 aromatic heterocycles. The number of hydrogen-bond donors (Lipinski definition) is 3. The molecular weight excluding hydrogens is 464 g/mol. The molecule has 0 saturated heterocycles. The summed E-state index contributed by atoms with van der Waals surface area (Å²) in [6.07, 6.45) is 1.35. The summed E-state index contributed by atoms with van der Waals surface area (Å²) in [5.74, 6) is -1.14. The van der Waals surface area contributed by atoms with Crippen LogP contribution in [0.25, 0.3) is 0 Å². The lowest BCUT2D eigenvalue weighted by Gasteiger charge is -2.21. The van der Waals surface area contributed by atoms with Crippen LogP contribution in [0.2, 0.25) is 0 Å². The Morgan fingerprint density at radius 3 is 2.56 bits per heavy atom. The summed E-state index contributed by atoms with van der Waals surface area (Å²) >= 11 is 0. The third-order valence-electron chi connectivity index (χ3n) is 5.70. The number of phenols is 1. The maximum Gasteiger partial charge on any atom is 0.227 e. The van der Waals surface area contributed by atoms with Gasteiger partial charge < -0.3 is 24.7 Å². The highest BCUT2D eigenvalue weighted by atomic mass is 16.5. The van der Waals surface area contributed by atoms with E-state index in [1.807, 2.05) is 30.3 Å². The van der Waals surface area contributed by atoms with Gasteiger partial charge in [-0.1, -0.05) is 36.4 Å². The van der Waals surface area contributed by atoms with Gasteiger partial charge in [0.2, 0.25) is 17.1 Å². The molecule has 0 saturated carbocycles. The molecule has 0 bridgehead atoms. The van der Waals surface area contributed by atoms with Crippen molar-refractivity contribution in [3.05, 3.63) is 99.6 Å². The number of aromatic hydroxyl groups is 2. The van der Waals surface area contributed by atoms with Crippen LogP contribution < -0.4 is 15.5 Å². The average Bonchev–Trinajstić information content (AvgIpc) is 3.30. The number of benzene rings is 2. The normalized spacial score (nSPS) is 12.6. The Labute approximate surface area is 206 Å². The molecule has 0 radical (unpaired) electrons. The Bertz CT molecular complexity index is 1430. The molecular formula is C26H26N4O6. The summed E-state index contributed by atoms with van der Waals surface area (Å²) in [5, 5.41) is 27.9. The number of nitrogens with one attached hydrogen (secondary N) is 1. The average molecular weight is 491 g/mol. The molecule has 4 rings (SSSR count). The second-order valence-electron chi connectivity index (χ2n) is 8.31. The molecule has 4 aromatic rings. The van der Waals surface area contributed by atoms with Gasteiger partial charge in [-0.2, -0.15) is 5.10 Å². The van der Waals surface area contributed by atoms with E-state index < -0.39 is 29.0 Å². The Morgan fingerprint density at radius 2 is 1.89 bits per heavy atom. The number of methoxy groups -OCH3 is 1. The van der Waals surface area contributed by atoms with Gasteiger partial charge in [0.25, 0.3) is 0 Å². The summed E-state index contributed by atoms with van der Waals surface area (Å²) in [6.45, 7) is 1.58. The molecule has 186 valence electrons. The monoisotopic (exact) mass is 490 g/mol. The molecule has 0 unspecified atom stereocenters. The topological polar surface area (TPSA) is 140 Å². The highest BCUT2D eigenvalue weighted by Crippen LogP contribution is 2.37. The molecule has 0 aliphatic heterocycles. The fraction of sp³-hybridized carbons (Fsp3) is 0.231. The van der Waals surface area contributed by atoms with Crippen molar-refractivity contribution in [2.24, 2.45) is 7.05 Å². The van der Waals surface area contributed by atoms with Crippen molar-refractivity contribution in [2.45, 2.75) is 25.3 Å². The van der Waals surface area contributed by atoms with Crippen LogP contribution in [0, 0.1) is 6.92 Å². The van der Waals surface area contributed by atoms with Crippen LogP contribution >= 0.6 is 0 Å². The minimum atomic E-state index is -0.861. The van der Waals surface area contributed by atoms with Crippen LogP contribution in [0.1, 0.15) is 46.9 Å². The maximum absolute atomic E-state index is 13.4. The predicted molar refractivity (Wildman–Crippen MR) is 130 cm³/mol. The Balaban J connectivity index is 1.72. The predicted octanol–water partition coefficient (Wildman–Crippen LogP) is 2.92. The molecule has 2 atom stereocenters. The van der Waals surface area contributed by atoms with Gasteiger partial charge in [-0.3, -0.25) is 14.3 Å². The van der Waals surface area contributed by atoms with Gasteiger partial charge >= 0.3 is 0 Å². The summed E-state index contributed by atoms with van der Waals surface area (Å²) in [5.41, 5.74) is 0.658. The molecule has 36 heavy (non-hydrogen) atoms. The van der Waals surface area contributed by atoms with Crippen molar-refractivity contribution in [1.29, 1.82) is 0 Å². The highest BCUT2D eigenvalue weighted by Gasteiger charge is 2.29. The van der Waals surface area contributed by atoms with Crippen molar-refractivity contribution in [3.8, 4) is 17.2 Å². The van der Waals surface area contributed by atoms with Gasteiger partial charge in [0, 0.05) is 19.5 Å². The quantitative estimate of drug-likeness (QED) is 0.343. The Hall–Kier alpha value is -4.60. The summed E-state index contributed by atoms with van der Waals surface area (Å²) in [4.78, 5) is 30.0. The highest BCUT2D eigenvalue weighted by molar-refractivity contribution is 5.78. The molecule has 10 nitrogen and oxygen atoms in total. The summed E-state index contributed by atoms with van der Waals surface area (Å²) in [7, 11) is 3.13. The first-order valence-electron chi connectivity index (χ1n) is 11.2. The van der Waals surface area contributed by atoms with Gasteiger partial charge in [-0.05, 0) is 30.2 Å². The molecule has 10 heteroatoms. The lowest BCUT2D eigenvalue weighted by atomic mass is 9.91. The number of nitrogens with zero attached hydrogens (tertiary/aromatic N) is 3. The fourth-order valence-corrected chi connectivity index (χ4v) is 3.97. The van der Waals surface area contributed by atoms with Gasteiger partial charge in [0.05, 0.1) is 13.0 Å². The van der Waals surface area contributed by atoms with Crippen LogP contribution in [0.5, 0.6) is 17.2 Å². The van der Waals surface area contributed by atoms with Crippen LogP contribution in [-0.2, 0) is 11.8 Å². The number of hydrogen-bond acceptors (Lipinski definition) is 8. The third-order valence-corrected chi connectivity index (χ3v) is 5.70. The van der Waals surface area contributed by atoms with E-state index in [4.69, 9.17) is 9.15 Å². The first-order chi connectivity index (χ1) is 17.3. The molecule has 1 amide bonds. The van der Waals surface area contributed by atoms with Gasteiger partial charge in [-0.15, -0.1) is 0 Å². The standard InChI is InChI=1S/C26H26N4O6/c1-15-11-20(32)24(34)25(36-15)18(17-9-10-19(31)21(12-17)35-3)13-22(33)28-23(16-7-5-4-6-8-16)26-27-14-30(2)29-26/h4-12,14,18,23,31,34H,13H2,1-3H3,(H,28,33)/t18-,23+/m0/s1. The zero-order valence-electron chi connectivity index (χ0n) is 20.0. The van der Waals surface area contributed by atoms with E-state index in [9.17, 15) is 19.8 Å². The number of aromatic nitrogens is 3. The number of carbonyl (C=O) groups is 1. The van der Waals surface area contributed by atoms with Gasteiger partial charge in [0.15, 0.2) is 23.1 Å². The van der Waals surface area contributed by atoms with Crippen molar-refractivity contribution in [2.75, 3.05) is 7.11 Å². The van der Waals surface area contributed by atoms with Crippen LogP contribution in [0.3, 0.4) is 0 Å². The zero-order chi connectivity index (χ0) is 25.8. The largest absolute Gasteiger partial charge is 0.504 e. The van der Waals surface area contributed by atoms with Crippen LogP contribution in [0.4, 0.5) is 0 Å². The van der Waals surface area contributed by atoms with E-state index in [1.54, 1.807) is 31.0 Å². The minimum absolute atomic E-state index is 0.0601. The SMILES string of the molecule is COc1cc([C@H](CC(=O)N[C@H](c2ccccc2)c2ncn(C)n2)c2oc(C)cc(=O)c2O)ccc1O. The van der Waals surface area contributed by atoms with Crippen molar-refractivity contribution < 1.29 is 24.2 Å². The van der Waals surface area contributed by atoms with Crippen molar-refractivity contribution in [1.82, 2.24) is 20.1 Å². The fourth-order valence-electron chi connectivity index (χ4n) is 3.97. The number of rotatable bonds is 8. The van der Waals surface area contributed by atoms with Gasteiger partial charge in [0.1, 0.15) is 18.1 Å². The third kappa shape index (κ3) is 5.22. The Morgan fingerprint density at radius 1 is 1.14 bits per heavy atom. The van der Waals surface area contributed by atoms with E-state index >= 15 is 0 Å². The smallest absolute Gasteiger partial charge is 0.227 e. The minimum Gasteiger partial charge on any atom is -0.504 e. The Kier molecular flexibility index (Phi) is 7.05. The first kappa shape index (κ1) is 24.5. The second-order valence-corrected chi connectivity index (χ2v) is 8.31. The lowest BCUT2D eigenvalue weighted by Crippen LogP contribution is -2.31. The first-order valence-corrected chi connectivity index (χ1v) is 11.2. The molecule has 0 spiro atoms. The second kappa shape index (κ2) is 10.3. The zero-order valence-corrected chi connectivity index (χ0v) is 20.0. The molecule has 3 N–H and O–H groups in total. The van der Waals surface area contributed by atoms with Crippen molar-refractivity contribution in [3.63, 3.8) is 0 Å². The number of carbonyl (C=O) groups excluding carboxylic acids is 1. The van der Waals surface area contributed by atoms with Gasteiger partial charge in [-0.25, -0.2) is 4.98 Å². The van der Waals surface area contributed by atoms with E-state index in [2.05, 4.69) is 15.4 Å². The number of aryl methyl sites for hydroxylation is 2. The summed E-state index contributed by atoms with van der Waals surface area (Å²) in [6, 6.07) is 14.3. The maximum atomic E-state index is 13.4. The molecule has 0 fully saturated rings. The molecule has 0 aliphatic carbocycles. The molecule has 2 aromatic carbocycles. The summed E-state index contributed by atoms with van der Waals surface area (Å²) < 4.78 is 12.5. The van der Waals surface area contributed by atoms with Crippen LogP contribution in [-0.4, -0.2) is 38.0 Å². The number of amides is 1. The van der Waals surface area contributed by atoms with Crippen LogP contribution in [0.15, 0.2) is 70.1 Å².